The Balaban J connectivity index is 2.48. The zero-order chi connectivity index (χ0) is 10.7. The van der Waals surface area contributed by atoms with Crippen LogP contribution in [-0.4, -0.2) is 11.5 Å². The first kappa shape index (κ1) is 10.3. The first-order valence-corrected chi connectivity index (χ1v) is 5.89. The number of hydrogen-bond acceptors (Lipinski definition) is 3. The monoisotopic (exact) mass is 218 g/mol. The summed E-state index contributed by atoms with van der Waals surface area (Å²) in [6, 6.07) is 8.35. The average Bonchev–Trinajstić information content (AvgIpc) is 2.66. The van der Waals surface area contributed by atoms with Gasteiger partial charge in [0.25, 0.3) is 0 Å². The van der Waals surface area contributed by atoms with Crippen molar-refractivity contribution in [1.29, 1.82) is 0 Å². The van der Waals surface area contributed by atoms with Gasteiger partial charge in [-0.05, 0) is 25.5 Å². The van der Waals surface area contributed by atoms with Crippen molar-refractivity contribution in [2.45, 2.75) is 13.3 Å². The Morgan fingerprint density at radius 1 is 1.33 bits per heavy atom. The highest BCUT2D eigenvalue weighted by Gasteiger charge is 2.08. The molecule has 2 aromatic rings. The molecule has 3 heteroatoms. The van der Waals surface area contributed by atoms with Gasteiger partial charge in [0.05, 0.1) is 11.2 Å². The highest BCUT2D eigenvalue weighted by molar-refractivity contribution is 7.10. The number of rotatable bonds is 3. The average molecular weight is 218 g/mol. The van der Waals surface area contributed by atoms with Crippen LogP contribution in [0.25, 0.3) is 11.3 Å². The minimum atomic E-state index is 0.681. The molecule has 1 aromatic heterocycles. The van der Waals surface area contributed by atoms with Crippen LogP contribution in [0, 0.1) is 6.92 Å². The molecule has 2 nitrogen and oxygen atoms in total. The molecule has 0 unspecified atom stereocenters. The number of aromatic nitrogens is 1. The fraction of sp³-hybridized carbons (Fsp3) is 0.250. The summed E-state index contributed by atoms with van der Waals surface area (Å²) in [6.07, 6.45) is 0.910. The molecule has 0 saturated carbocycles. The Hall–Kier alpha value is -1.19. The molecule has 0 aliphatic heterocycles. The van der Waals surface area contributed by atoms with Crippen molar-refractivity contribution < 1.29 is 0 Å². The Labute approximate surface area is 93.8 Å². The molecule has 78 valence electrons. The van der Waals surface area contributed by atoms with E-state index < -0.39 is 0 Å². The lowest BCUT2D eigenvalue weighted by atomic mass is 10.0. The molecule has 0 spiro atoms. The third kappa shape index (κ3) is 2.08. The van der Waals surface area contributed by atoms with Gasteiger partial charge >= 0.3 is 0 Å². The van der Waals surface area contributed by atoms with E-state index in [1.54, 1.807) is 11.3 Å². The number of benzene rings is 1. The number of nitrogens with zero attached hydrogens (tertiary/aromatic N) is 1. The third-order valence-electron chi connectivity index (χ3n) is 2.43. The van der Waals surface area contributed by atoms with Gasteiger partial charge in [-0.2, -0.15) is 0 Å². The molecular weight excluding hydrogens is 204 g/mol. The molecule has 15 heavy (non-hydrogen) atoms. The largest absolute Gasteiger partial charge is 0.330 e. The summed E-state index contributed by atoms with van der Waals surface area (Å²) in [5.74, 6) is 0. The quantitative estimate of drug-likeness (QED) is 0.860. The molecule has 2 rings (SSSR count). The SMILES string of the molecule is Cc1scnc1-c1ccccc1CCN. The highest BCUT2D eigenvalue weighted by atomic mass is 32.1. The van der Waals surface area contributed by atoms with Crippen molar-refractivity contribution in [2.75, 3.05) is 6.54 Å². The highest BCUT2D eigenvalue weighted by Crippen LogP contribution is 2.27. The molecular formula is C12H14N2S. The van der Waals surface area contributed by atoms with E-state index in [1.807, 2.05) is 11.6 Å². The van der Waals surface area contributed by atoms with Crippen LogP contribution in [-0.2, 0) is 6.42 Å². The second-order valence-corrected chi connectivity index (χ2v) is 4.51. The van der Waals surface area contributed by atoms with E-state index in [2.05, 4.69) is 30.1 Å². The molecule has 0 fully saturated rings. The van der Waals surface area contributed by atoms with Crippen LogP contribution >= 0.6 is 11.3 Å². The Morgan fingerprint density at radius 2 is 2.13 bits per heavy atom. The molecule has 0 saturated heterocycles. The van der Waals surface area contributed by atoms with E-state index in [-0.39, 0.29) is 0 Å². The van der Waals surface area contributed by atoms with Gasteiger partial charge < -0.3 is 5.73 Å². The zero-order valence-electron chi connectivity index (χ0n) is 8.73. The Morgan fingerprint density at radius 3 is 2.80 bits per heavy atom. The van der Waals surface area contributed by atoms with Crippen LogP contribution in [0.5, 0.6) is 0 Å². The van der Waals surface area contributed by atoms with Gasteiger partial charge in [0, 0.05) is 10.4 Å². The number of thiazole rings is 1. The molecule has 0 bridgehead atoms. The Bertz CT molecular complexity index is 448. The topological polar surface area (TPSA) is 38.9 Å². The first-order valence-electron chi connectivity index (χ1n) is 5.01. The third-order valence-corrected chi connectivity index (χ3v) is 3.19. The minimum absolute atomic E-state index is 0.681. The molecule has 0 aliphatic rings. The molecule has 0 aliphatic carbocycles. The zero-order valence-corrected chi connectivity index (χ0v) is 9.55. The van der Waals surface area contributed by atoms with Gasteiger partial charge in [-0.1, -0.05) is 24.3 Å². The van der Waals surface area contributed by atoms with Crippen molar-refractivity contribution in [2.24, 2.45) is 5.73 Å². The van der Waals surface area contributed by atoms with Crippen LogP contribution in [0.15, 0.2) is 29.8 Å². The van der Waals surface area contributed by atoms with E-state index in [9.17, 15) is 0 Å². The second kappa shape index (κ2) is 4.55. The van der Waals surface area contributed by atoms with Crippen LogP contribution in [0.4, 0.5) is 0 Å². The predicted octanol–water partition coefficient (Wildman–Crippen LogP) is 2.62. The molecule has 2 N–H and O–H groups in total. The maximum absolute atomic E-state index is 5.60. The lowest BCUT2D eigenvalue weighted by Crippen LogP contribution is -2.04. The number of nitrogens with two attached hydrogens (primary N) is 1. The van der Waals surface area contributed by atoms with Crippen molar-refractivity contribution in [3.63, 3.8) is 0 Å². The standard InChI is InChI=1S/C12H14N2S/c1-9-12(14-8-15-9)11-5-3-2-4-10(11)6-7-13/h2-5,8H,6-7,13H2,1H3. The lowest BCUT2D eigenvalue weighted by Gasteiger charge is -2.06. The summed E-state index contributed by atoms with van der Waals surface area (Å²) >= 11 is 1.68. The fourth-order valence-corrected chi connectivity index (χ4v) is 2.28. The van der Waals surface area contributed by atoms with E-state index >= 15 is 0 Å². The van der Waals surface area contributed by atoms with Gasteiger partial charge in [0.1, 0.15) is 0 Å². The van der Waals surface area contributed by atoms with E-state index in [0.717, 1.165) is 12.1 Å². The van der Waals surface area contributed by atoms with E-state index in [4.69, 9.17) is 5.73 Å². The van der Waals surface area contributed by atoms with Crippen molar-refractivity contribution in [3.8, 4) is 11.3 Å². The Kier molecular flexibility index (Phi) is 3.14. The predicted molar refractivity (Wildman–Crippen MR) is 65.0 cm³/mol. The van der Waals surface area contributed by atoms with Crippen LogP contribution in [0.2, 0.25) is 0 Å². The lowest BCUT2D eigenvalue weighted by molar-refractivity contribution is 0.969. The minimum Gasteiger partial charge on any atom is -0.330 e. The molecule has 1 heterocycles. The molecule has 1 aromatic carbocycles. The van der Waals surface area contributed by atoms with Gasteiger partial charge in [0.2, 0.25) is 0 Å². The normalized spacial score (nSPS) is 10.5. The van der Waals surface area contributed by atoms with Crippen LogP contribution in [0.1, 0.15) is 10.4 Å². The molecule has 0 radical (unpaired) electrons. The van der Waals surface area contributed by atoms with Gasteiger partial charge in [-0.15, -0.1) is 11.3 Å². The summed E-state index contributed by atoms with van der Waals surface area (Å²) < 4.78 is 0. The number of hydrogen-bond donors (Lipinski definition) is 1. The summed E-state index contributed by atoms with van der Waals surface area (Å²) in [5.41, 5.74) is 11.1. The first-order chi connectivity index (χ1) is 7.33. The summed E-state index contributed by atoms with van der Waals surface area (Å²) in [6.45, 7) is 2.78. The van der Waals surface area contributed by atoms with E-state index in [1.165, 1.54) is 16.0 Å². The molecule has 0 atom stereocenters. The van der Waals surface area contributed by atoms with Crippen molar-refractivity contribution in [1.82, 2.24) is 4.98 Å². The van der Waals surface area contributed by atoms with Crippen LogP contribution < -0.4 is 5.73 Å². The summed E-state index contributed by atoms with van der Waals surface area (Å²) in [5, 5.41) is 0. The summed E-state index contributed by atoms with van der Waals surface area (Å²) in [4.78, 5) is 5.67. The summed E-state index contributed by atoms with van der Waals surface area (Å²) in [7, 11) is 0. The van der Waals surface area contributed by atoms with Gasteiger partial charge in [0.15, 0.2) is 0 Å². The smallest absolute Gasteiger partial charge is 0.0843 e. The van der Waals surface area contributed by atoms with Gasteiger partial charge in [-0.3, -0.25) is 0 Å². The van der Waals surface area contributed by atoms with Gasteiger partial charge in [-0.25, -0.2) is 4.98 Å². The van der Waals surface area contributed by atoms with Crippen molar-refractivity contribution in [3.05, 3.63) is 40.2 Å². The fourth-order valence-electron chi connectivity index (χ4n) is 1.69. The number of aryl methyl sites for hydroxylation is 1. The van der Waals surface area contributed by atoms with E-state index in [0.29, 0.717) is 6.54 Å². The maximum atomic E-state index is 5.60. The second-order valence-electron chi connectivity index (χ2n) is 3.45. The van der Waals surface area contributed by atoms with Crippen LogP contribution in [0.3, 0.4) is 0 Å². The molecule has 0 amide bonds. The maximum Gasteiger partial charge on any atom is 0.0843 e. The van der Waals surface area contributed by atoms with Crippen molar-refractivity contribution >= 4 is 11.3 Å².